The van der Waals surface area contributed by atoms with Crippen molar-refractivity contribution in [2.24, 2.45) is 5.92 Å². The molecule has 21 heavy (non-hydrogen) atoms. The number of hydrogen-bond donors (Lipinski definition) is 1. The third-order valence-corrected chi connectivity index (χ3v) is 5.25. The molecule has 2 amide bonds. The number of carbonyl (C=O) groups is 2. The first-order chi connectivity index (χ1) is 9.83. The molecule has 0 spiro atoms. The maximum atomic E-state index is 13.1. The Balaban J connectivity index is 3.23. The molecule has 0 aromatic rings. The summed E-state index contributed by atoms with van der Waals surface area (Å²) in [5.41, 5.74) is -1.37. The fraction of sp³-hybridized carbons (Fsp3) is 0.882. The number of nitrogens with one attached hydrogen (secondary N) is 1. The maximum Gasteiger partial charge on any atom is 0.249 e. The van der Waals surface area contributed by atoms with Gasteiger partial charge in [0, 0.05) is 6.54 Å². The predicted molar refractivity (Wildman–Crippen MR) is 85.9 cm³/mol. The number of nitrogens with zero attached hydrogens (tertiary/aromatic N) is 1. The van der Waals surface area contributed by atoms with Crippen molar-refractivity contribution in [3.8, 4) is 0 Å². The number of hydrogen-bond acceptors (Lipinski definition) is 2. The normalized spacial score (nSPS) is 20.8. The van der Waals surface area contributed by atoms with Crippen LogP contribution in [0, 0.1) is 5.92 Å². The lowest BCUT2D eigenvalue weighted by atomic mass is 9.79. The van der Waals surface area contributed by atoms with Gasteiger partial charge in [-0.2, -0.15) is 0 Å². The third kappa shape index (κ3) is 2.95. The van der Waals surface area contributed by atoms with E-state index in [4.69, 9.17) is 0 Å². The van der Waals surface area contributed by atoms with Crippen LogP contribution < -0.4 is 5.32 Å². The summed E-state index contributed by atoms with van der Waals surface area (Å²) < 4.78 is 0. The minimum absolute atomic E-state index is 0.0274. The first kappa shape index (κ1) is 18.0. The second kappa shape index (κ2) is 6.80. The van der Waals surface area contributed by atoms with Crippen molar-refractivity contribution in [3.63, 3.8) is 0 Å². The van der Waals surface area contributed by atoms with Gasteiger partial charge in [0.15, 0.2) is 0 Å². The van der Waals surface area contributed by atoms with Crippen molar-refractivity contribution in [2.75, 3.05) is 6.54 Å². The first-order valence-corrected chi connectivity index (χ1v) is 8.48. The van der Waals surface area contributed by atoms with Gasteiger partial charge < -0.3 is 10.2 Å². The summed E-state index contributed by atoms with van der Waals surface area (Å²) in [6.07, 6.45) is 3.57. The third-order valence-electron chi connectivity index (χ3n) is 5.25. The molecule has 1 rings (SSSR count). The van der Waals surface area contributed by atoms with Crippen molar-refractivity contribution in [1.29, 1.82) is 0 Å². The van der Waals surface area contributed by atoms with E-state index in [1.165, 1.54) is 0 Å². The van der Waals surface area contributed by atoms with Crippen LogP contribution in [0.3, 0.4) is 0 Å². The molecular weight excluding hydrogens is 264 g/mol. The largest absolute Gasteiger partial charge is 0.340 e. The standard InChI is InChI=1S/C17H32N2O2/c1-7-16(8-2)15(21)19(12-11-13(5)6)17(9-3,10-4)14(20)18-16/h13H,7-12H2,1-6H3,(H,18,20). The van der Waals surface area contributed by atoms with Gasteiger partial charge in [-0.25, -0.2) is 0 Å². The van der Waals surface area contributed by atoms with Crippen LogP contribution in [0.2, 0.25) is 0 Å². The fourth-order valence-corrected chi connectivity index (χ4v) is 3.35. The van der Waals surface area contributed by atoms with Crippen LogP contribution >= 0.6 is 0 Å². The molecule has 0 bridgehead atoms. The Morgan fingerprint density at radius 2 is 1.52 bits per heavy atom. The van der Waals surface area contributed by atoms with E-state index in [2.05, 4.69) is 19.2 Å². The Morgan fingerprint density at radius 3 is 1.90 bits per heavy atom. The molecule has 4 heteroatoms. The molecule has 1 aliphatic rings. The summed E-state index contributed by atoms with van der Waals surface area (Å²) in [6.45, 7) is 12.9. The average Bonchev–Trinajstić information content (AvgIpc) is 2.47. The second-order valence-electron chi connectivity index (χ2n) is 6.62. The van der Waals surface area contributed by atoms with E-state index in [-0.39, 0.29) is 11.8 Å². The topological polar surface area (TPSA) is 49.4 Å². The van der Waals surface area contributed by atoms with Gasteiger partial charge in [-0.15, -0.1) is 0 Å². The van der Waals surface area contributed by atoms with Crippen LogP contribution in [0.15, 0.2) is 0 Å². The van der Waals surface area contributed by atoms with E-state index in [0.717, 1.165) is 6.42 Å². The monoisotopic (exact) mass is 296 g/mol. The molecule has 0 aliphatic carbocycles. The summed E-state index contributed by atoms with van der Waals surface area (Å²) in [7, 11) is 0. The average molecular weight is 296 g/mol. The summed E-state index contributed by atoms with van der Waals surface area (Å²) in [4.78, 5) is 27.8. The molecule has 122 valence electrons. The minimum Gasteiger partial charge on any atom is -0.340 e. The Bertz CT molecular complexity index is 382. The smallest absolute Gasteiger partial charge is 0.249 e. The van der Waals surface area contributed by atoms with Crippen molar-refractivity contribution >= 4 is 11.8 Å². The zero-order chi connectivity index (χ0) is 16.3. The Labute approximate surface area is 129 Å². The minimum atomic E-state index is -0.706. The van der Waals surface area contributed by atoms with Crippen molar-refractivity contribution < 1.29 is 9.59 Å². The molecule has 1 heterocycles. The predicted octanol–water partition coefficient (Wildman–Crippen LogP) is 3.11. The molecule has 0 aromatic heterocycles. The molecule has 1 fully saturated rings. The molecule has 1 N–H and O–H groups in total. The van der Waals surface area contributed by atoms with Gasteiger partial charge in [0.05, 0.1) is 0 Å². The van der Waals surface area contributed by atoms with Crippen molar-refractivity contribution in [2.45, 2.75) is 84.7 Å². The Kier molecular flexibility index (Phi) is 5.83. The highest BCUT2D eigenvalue weighted by molar-refractivity contribution is 6.02. The van der Waals surface area contributed by atoms with Gasteiger partial charge in [-0.1, -0.05) is 41.5 Å². The zero-order valence-electron chi connectivity index (χ0n) is 14.6. The number of piperazine rings is 1. The summed E-state index contributed by atoms with van der Waals surface area (Å²) in [6, 6.07) is 0. The van der Waals surface area contributed by atoms with E-state index in [1.807, 2.05) is 32.6 Å². The quantitative estimate of drug-likeness (QED) is 0.785. The van der Waals surface area contributed by atoms with Gasteiger partial charge in [0.2, 0.25) is 11.8 Å². The van der Waals surface area contributed by atoms with Crippen LogP contribution in [0.5, 0.6) is 0 Å². The second-order valence-corrected chi connectivity index (χ2v) is 6.62. The lowest BCUT2D eigenvalue weighted by molar-refractivity contribution is -0.164. The SMILES string of the molecule is CCC1(CC)NC(=O)C(CC)(CC)N(CCC(C)C)C1=O. The molecule has 4 nitrogen and oxygen atoms in total. The van der Waals surface area contributed by atoms with E-state index in [0.29, 0.717) is 38.1 Å². The van der Waals surface area contributed by atoms with Crippen LogP contribution in [0.1, 0.15) is 73.6 Å². The lowest BCUT2D eigenvalue weighted by Gasteiger charge is -2.52. The molecule has 0 saturated carbocycles. The number of carbonyl (C=O) groups excluding carboxylic acids is 2. The van der Waals surface area contributed by atoms with Crippen molar-refractivity contribution in [1.82, 2.24) is 10.2 Å². The fourth-order valence-electron chi connectivity index (χ4n) is 3.35. The van der Waals surface area contributed by atoms with E-state index in [9.17, 15) is 9.59 Å². The van der Waals surface area contributed by atoms with Gasteiger partial charge in [0.25, 0.3) is 0 Å². The zero-order valence-corrected chi connectivity index (χ0v) is 14.6. The molecule has 0 atom stereocenters. The number of rotatable bonds is 7. The van der Waals surface area contributed by atoms with Crippen molar-refractivity contribution in [3.05, 3.63) is 0 Å². The highest BCUT2D eigenvalue weighted by Gasteiger charge is 2.55. The van der Waals surface area contributed by atoms with Gasteiger partial charge in [0.1, 0.15) is 11.1 Å². The van der Waals surface area contributed by atoms with Crippen LogP contribution in [0.25, 0.3) is 0 Å². The van der Waals surface area contributed by atoms with Gasteiger partial charge >= 0.3 is 0 Å². The van der Waals surface area contributed by atoms with E-state index in [1.54, 1.807) is 0 Å². The molecule has 1 saturated heterocycles. The molecule has 0 radical (unpaired) electrons. The van der Waals surface area contributed by atoms with Gasteiger partial charge in [-0.3, -0.25) is 9.59 Å². The Hall–Kier alpha value is -1.06. The van der Waals surface area contributed by atoms with Gasteiger partial charge in [-0.05, 0) is 38.0 Å². The number of amides is 2. The van der Waals surface area contributed by atoms with Crippen LogP contribution in [0.4, 0.5) is 0 Å². The Morgan fingerprint density at radius 1 is 1.00 bits per heavy atom. The van der Waals surface area contributed by atoms with E-state index >= 15 is 0 Å². The first-order valence-electron chi connectivity index (χ1n) is 8.48. The van der Waals surface area contributed by atoms with Crippen LogP contribution in [-0.4, -0.2) is 34.3 Å². The molecular formula is C17H32N2O2. The molecule has 1 aliphatic heterocycles. The highest BCUT2D eigenvalue weighted by atomic mass is 16.2. The molecule has 0 unspecified atom stereocenters. The lowest BCUT2D eigenvalue weighted by Crippen LogP contribution is -2.75. The van der Waals surface area contributed by atoms with E-state index < -0.39 is 11.1 Å². The molecule has 0 aromatic carbocycles. The summed E-state index contributed by atoms with van der Waals surface area (Å²) >= 11 is 0. The summed E-state index contributed by atoms with van der Waals surface area (Å²) in [5, 5.41) is 3.06. The highest BCUT2D eigenvalue weighted by Crippen LogP contribution is 2.35. The summed E-state index contributed by atoms with van der Waals surface area (Å²) in [5.74, 6) is 0.655. The maximum absolute atomic E-state index is 13.1. The van der Waals surface area contributed by atoms with Crippen LogP contribution in [-0.2, 0) is 9.59 Å².